The molecule has 0 N–H and O–H groups in total. The molecule has 8 heteroatoms. The van der Waals surface area contributed by atoms with E-state index < -0.39 is 0 Å². The van der Waals surface area contributed by atoms with Gasteiger partial charge < -0.3 is 4.42 Å². The fourth-order valence-corrected chi connectivity index (χ4v) is 3.49. The van der Waals surface area contributed by atoms with Gasteiger partial charge in [0.25, 0.3) is 5.89 Å². The van der Waals surface area contributed by atoms with E-state index in [0.717, 1.165) is 22.5 Å². The molecule has 0 unspecified atom stereocenters. The Labute approximate surface area is 189 Å². The van der Waals surface area contributed by atoms with E-state index in [-0.39, 0.29) is 5.41 Å². The fraction of sp³-hybridized carbons (Fsp3) is 0.227. The van der Waals surface area contributed by atoms with Crippen LogP contribution in [0.5, 0.6) is 0 Å². The normalized spacial score (nSPS) is 11.8. The van der Waals surface area contributed by atoms with Crippen LogP contribution in [0.4, 0.5) is 0 Å². The quantitative estimate of drug-likeness (QED) is 0.325. The molecular weight excluding hydrogens is 443 g/mol. The van der Waals surface area contributed by atoms with Crippen LogP contribution in [0.3, 0.4) is 0 Å². The van der Waals surface area contributed by atoms with E-state index in [9.17, 15) is 0 Å². The van der Waals surface area contributed by atoms with Crippen molar-refractivity contribution in [2.75, 3.05) is 0 Å². The van der Waals surface area contributed by atoms with Crippen molar-refractivity contribution in [3.63, 3.8) is 0 Å². The van der Waals surface area contributed by atoms with Gasteiger partial charge in [0.05, 0.1) is 21.4 Å². The average Bonchev–Trinajstić information content (AvgIpc) is 3.30. The fourth-order valence-electron chi connectivity index (χ4n) is 3.07. The lowest BCUT2D eigenvalue weighted by molar-refractivity contribution is 0.398. The number of hydrogen-bond acceptors (Lipinski definition) is 4. The second kappa shape index (κ2) is 7.73. The second-order valence-corrected chi connectivity index (χ2v) is 9.25. The number of benzene rings is 2. The molecule has 0 amide bonds. The molecule has 0 aliphatic carbocycles. The molecule has 0 radical (unpaired) electrons. The first kappa shape index (κ1) is 20.9. The minimum atomic E-state index is -0.259. The number of hydrogen-bond donors (Lipinski definition) is 0. The zero-order valence-electron chi connectivity index (χ0n) is 16.9. The van der Waals surface area contributed by atoms with Gasteiger partial charge in [-0.2, -0.15) is 5.10 Å². The first-order valence-corrected chi connectivity index (χ1v) is 10.4. The summed E-state index contributed by atoms with van der Waals surface area (Å²) in [6.07, 6.45) is 0. The standard InChI is InChI=1S/C22H19Cl3N4O/c1-12-18(20-26-27-21(30-20)22(2,3)4)28-29(15-9-10-16(24)17(25)11-15)19(12)13-5-7-14(23)8-6-13/h5-11H,1-4H3. The Hall–Kier alpha value is -2.34. The Kier molecular flexibility index (Phi) is 5.39. The third-order valence-electron chi connectivity index (χ3n) is 4.66. The van der Waals surface area contributed by atoms with Gasteiger partial charge in [0.1, 0.15) is 0 Å². The van der Waals surface area contributed by atoms with Gasteiger partial charge >= 0.3 is 0 Å². The Balaban J connectivity index is 1.94. The van der Waals surface area contributed by atoms with E-state index >= 15 is 0 Å². The maximum absolute atomic E-state index is 6.27. The van der Waals surface area contributed by atoms with Crippen LogP contribution in [0.25, 0.3) is 28.5 Å². The largest absolute Gasteiger partial charge is 0.419 e. The van der Waals surface area contributed by atoms with Crippen molar-refractivity contribution in [1.82, 2.24) is 20.0 Å². The molecule has 5 nitrogen and oxygen atoms in total. The van der Waals surface area contributed by atoms with Crippen molar-refractivity contribution >= 4 is 34.8 Å². The summed E-state index contributed by atoms with van der Waals surface area (Å²) in [4.78, 5) is 0. The average molecular weight is 462 g/mol. The Bertz CT molecular complexity index is 1220. The first-order chi connectivity index (χ1) is 14.1. The third-order valence-corrected chi connectivity index (χ3v) is 5.65. The molecule has 0 fully saturated rings. The second-order valence-electron chi connectivity index (χ2n) is 8.00. The van der Waals surface area contributed by atoms with Crippen LogP contribution < -0.4 is 0 Å². The van der Waals surface area contributed by atoms with Gasteiger partial charge in [-0.25, -0.2) is 4.68 Å². The summed E-state index contributed by atoms with van der Waals surface area (Å²) in [7, 11) is 0. The van der Waals surface area contributed by atoms with Gasteiger partial charge in [0, 0.05) is 21.6 Å². The Morgan fingerprint density at radius 1 is 0.900 bits per heavy atom. The summed E-state index contributed by atoms with van der Waals surface area (Å²) in [6, 6.07) is 12.9. The summed E-state index contributed by atoms with van der Waals surface area (Å²) in [5, 5.41) is 14.8. The predicted molar refractivity (Wildman–Crippen MR) is 121 cm³/mol. The molecule has 154 valence electrons. The van der Waals surface area contributed by atoms with Crippen LogP contribution in [-0.2, 0) is 5.41 Å². The van der Waals surface area contributed by atoms with E-state index in [1.54, 1.807) is 16.8 Å². The lowest BCUT2D eigenvalue weighted by atomic mass is 9.97. The topological polar surface area (TPSA) is 56.7 Å². The molecule has 2 aromatic heterocycles. The van der Waals surface area contributed by atoms with Crippen molar-refractivity contribution in [3.05, 3.63) is 69.0 Å². The highest BCUT2D eigenvalue weighted by Crippen LogP contribution is 2.36. The molecular formula is C22H19Cl3N4O. The molecule has 4 aromatic rings. The van der Waals surface area contributed by atoms with Crippen LogP contribution in [0.1, 0.15) is 32.2 Å². The molecule has 4 rings (SSSR count). The Morgan fingerprint density at radius 3 is 2.20 bits per heavy atom. The molecule has 0 saturated heterocycles. The smallest absolute Gasteiger partial charge is 0.268 e. The minimum absolute atomic E-state index is 0.259. The highest BCUT2D eigenvalue weighted by atomic mass is 35.5. The van der Waals surface area contributed by atoms with Crippen LogP contribution in [-0.4, -0.2) is 20.0 Å². The highest BCUT2D eigenvalue weighted by molar-refractivity contribution is 6.42. The Morgan fingerprint density at radius 2 is 1.60 bits per heavy atom. The lowest BCUT2D eigenvalue weighted by Crippen LogP contribution is -2.11. The van der Waals surface area contributed by atoms with Crippen molar-refractivity contribution in [3.8, 4) is 28.5 Å². The first-order valence-electron chi connectivity index (χ1n) is 9.30. The molecule has 0 saturated carbocycles. The van der Waals surface area contributed by atoms with Crippen molar-refractivity contribution in [2.45, 2.75) is 33.1 Å². The van der Waals surface area contributed by atoms with Crippen molar-refractivity contribution in [2.24, 2.45) is 0 Å². The summed E-state index contributed by atoms with van der Waals surface area (Å²) in [5.41, 5.74) is 3.82. The zero-order chi connectivity index (χ0) is 21.6. The number of aromatic nitrogens is 4. The predicted octanol–water partition coefficient (Wildman–Crippen LogP) is 7.16. The summed E-state index contributed by atoms with van der Waals surface area (Å²) in [5.74, 6) is 0.917. The molecule has 2 heterocycles. The van der Waals surface area contributed by atoms with E-state index in [1.807, 2.05) is 58.0 Å². The lowest BCUT2D eigenvalue weighted by Gasteiger charge is -2.10. The molecule has 0 bridgehead atoms. The zero-order valence-corrected chi connectivity index (χ0v) is 19.1. The van der Waals surface area contributed by atoms with Crippen LogP contribution >= 0.6 is 34.8 Å². The van der Waals surface area contributed by atoms with E-state index in [4.69, 9.17) is 44.3 Å². The molecule has 30 heavy (non-hydrogen) atoms. The molecule has 0 aliphatic rings. The van der Waals surface area contributed by atoms with E-state index in [2.05, 4.69) is 10.2 Å². The van der Waals surface area contributed by atoms with Gasteiger partial charge in [0.15, 0.2) is 5.69 Å². The number of rotatable bonds is 3. The van der Waals surface area contributed by atoms with Crippen molar-refractivity contribution < 1.29 is 4.42 Å². The van der Waals surface area contributed by atoms with E-state index in [0.29, 0.717) is 32.5 Å². The number of halogens is 3. The number of nitrogens with zero attached hydrogens (tertiary/aromatic N) is 4. The van der Waals surface area contributed by atoms with E-state index in [1.165, 1.54) is 0 Å². The van der Waals surface area contributed by atoms with Crippen LogP contribution in [0.15, 0.2) is 46.9 Å². The van der Waals surface area contributed by atoms with Gasteiger partial charge in [-0.3, -0.25) is 0 Å². The van der Waals surface area contributed by atoms with Crippen LogP contribution in [0.2, 0.25) is 15.1 Å². The van der Waals surface area contributed by atoms with Gasteiger partial charge in [-0.15, -0.1) is 10.2 Å². The summed E-state index contributed by atoms with van der Waals surface area (Å²) >= 11 is 18.5. The monoisotopic (exact) mass is 460 g/mol. The van der Waals surface area contributed by atoms with Crippen LogP contribution in [0, 0.1) is 6.92 Å². The van der Waals surface area contributed by atoms with Gasteiger partial charge in [0.2, 0.25) is 5.89 Å². The molecule has 2 aromatic carbocycles. The van der Waals surface area contributed by atoms with Gasteiger partial charge in [-0.1, -0.05) is 67.7 Å². The third kappa shape index (κ3) is 3.85. The molecule has 0 atom stereocenters. The molecule has 0 aliphatic heterocycles. The summed E-state index contributed by atoms with van der Waals surface area (Å²) in [6.45, 7) is 8.03. The van der Waals surface area contributed by atoms with Crippen molar-refractivity contribution in [1.29, 1.82) is 0 Å². The highest BCUT2D eigenvalue weighted by Gasteiger charge is 2.26. The maximum Gasteiger partial charge on any atom is 0.268 e. The van der Waals surface area contributed by atoms with Gasteiger partial charge in [-0.05, 0) is 37.3 Å². The maximum atomic E-state index is 6.27. The SMILES string of the molecule is Cc1c(-c2nnc(C(C)(C)C)o2)nn(-c2ccc(Cl)c(Cl)c2)c1-c1ccc(Cl)cc1. The summed E-state index contributed by atoms with van der Waals surface area (Å²) < 4.78 is 7.75. The minimum Gasteiger partial charge on any atom is -0.419 e. The molecule has 0 spiro atoms.